The first-order valence-corrected chi connectivity index (χ1v) is 6.45. The van der Waals surface area contributed by atoms with Gasteiger partial charge in [0.15, 0.2) is 0 Å². The van der Waals surface area contributed by atoms with Gasteiger partial charge in [-0.25, -0.2) is 4.79 Å². The zero-order valence-corrected chi connectivity index (χ0v) is 11.4. The molecule has 0 atom stereocenters. The Morgan fingerprint density at radius 2 is 1.77 bits per heavy atom. The summed E-state index contributed by atoms with van der Waals surface area (Å²) in [6, 6.07) is 4.41. The van der Waals surface area contributed by atoms with Crippen molar-refractivity contribution >= 4 is 11.9 Å². The normalized spacial score (nSPS) is 16.0. The maximum absolute atomic E-state index is 12.5. The van der Waals surface area contributed by atoms with Crippen molar-refractivity contribution in [3.63, 3.8) is 0 Å². The number of carbonyl (C=O) groups excluding carboxylic acids is 1. The van der Waals surface area contributed by atoms with Crippen molar-refractivity contribution in [3.05, 3.63) is 47.5 Å². The van der Waals surface area contributed by atoms with E-state index in [1.165, 1.54) is 12.1 Å². The molecule has 7 heteroatoms. The number of aliphatic carboxylic acids is 1. The Labute approximate surface area is 124 Å². The van der Waals surface area contributed by atoms with E-state index in [1.807, 2.05) is 0 Å². The van der Waals surface area contributed by atoms with Crippen LogP contribution in [0.15, 0.2) is 36.4 Å². The zero-order chi connectivity index (χ0) is 16.5. The van der Waals surface area contributed by atoms with Gasteiger partial charge in [-0.3, -0.25) is 4.79 Å². The van der Waals surface area contributed by atoms with Crippen LogP contribution in [0, 0.1) is 0 Å². The van der Waals surface area contributed by atoms with Crippen molar-refractivity contribution in [1.82, 2.24) is 0 Å². The molecule has 0 heterocycles. The highest BCUT2D eigenvalue weighted by molar-refractivity contribution is 5.92. The quantitative estimate of drug-likeness (QED) is 0.669. The number of rotatable bonds is 5. The molecule has 4 nitrogen and oxygen atoms in total. The Hall–Kier alpha value is -2.31. The molecule has 2 rings (SSSR count). The average Bonchev–Trinajstić information content (AvgIpc) is 3.18. The molecular formula is C15H13F3O4. The van der Waals surface area contributed by atoms with Crippen molar-refractivity contribution in [2.45, 2.75) is 31.0 Å². The molecule has 22 heavy (non-hydrogen) atoms. The third kappa shape index (κ3) is 3.47. The summed E-state index contributed by atoms with van der Waals surface area (Å²) in [7, 11) is 0. The summed E-state index contributed by atoms with van der Waals surface area (Å²) >= 11 is 0. The first-order valence-electron chi connectivity index (χ1n) is 6.45. The van der Waals surface area contributed by atoms with Crippen molar-refractivity contribution in [1.29, 1.82) is 0 Å². The summed E-state index contributed by atoms with van der Waals surface area (Å²) in [5.41, 5.74) is -1.55. The topological polar surface area (TPSA) is 63.6 Å². The van der Waals surface area contributed by atoms with Crippen molar-refractivity contribution in [3.8, 4) is 0 Å². The van der Waals surface area contributed by atoms with E-state index < -0.39 is 35.7 Å². The molecule has 1 saturated carbocycles. The summed E-state index contributed by atoms with van der Waals surface area (Å²) in [4.78, 5) is 22.3. The number of carboxylic acid groups (broad SMARTS) is 1. The van der Waals surface area contributed by atoms with Crippen LogP contribution >= 0.6 is 0 Å². The summed E-state index contributed by atoms with van der Waals surface area (Å²) in [5, 5.41) is 8.65. The second kappa shape index (κ2) is 5.47. The Morgan fingerprint density at radius 1 is 1.23 bits per heavy atom. The fourth-order valence-corrected chi connectivity index (χ4v) is 2.03. The number of hydrogen-bond acceptors (Lipinski definition) is 3. The summed E-state index contributed by atoms with van der Waals surface area (Å²) < 4.78 is 42.8. The summed E-state index contributed by atoms with van der Waals surface area (Å²) in [6.07, 6.45) is -3.91. The smallest absolute Gasteiger partial charge is 0.416 e. The van der Waals surface area contributed by atoms with Gasteiger partial charge in [0.2, 0.25) is 0 Å². The van der Waals surface area contributed by atoms with Gasteiger partial charge in [-0.15, -0.1) is 0 Å². The van der Waals surface area contributed by atoms with Crippen molar-refractivity contribution in [2.75, 3.05) is 0 Å². The number of esters is 1. The molecule has 1 fully saturated rings. The zero-order valence-electron chi connectivity index (χ0n) is 11.4. The van der Waals surface area contributed by atoms with Crippen LogP contribution in [0.4, 0.5) is 13.2 Å². The van der Waals surface area contributed by atoms with Crippen molar-refractivity contribution < 1.29 is 32.6 Å². The summed E-state index contributed by atoms with van der Waals surface area (Å²) in [5.74, 6) is -2.05. The molecule has 0 aliphatic heterocycles. The maximum atomic E-state index is 12.5. The lowest BCUT2D eigenvalue weighted by Gasteiger charge is -2.18. The number of hydrogen-bond donors (Lipinski definition) is 1. The van der Waals surface area contributed by atoms with Gasteiger partial charge in [-0.2, -0.15) is 13.2 Å². The molecule has 0 aromatic heterocycles. The number of ether oxygens (including phenoxy) is 1. The van der Waals surface area contributed by atoms with Crippen LogP contribution in [0.2, 0.25) is 0 Å². The molecule has 0 radical (unpaired) electrons. The molecule has 0 saturated heterocycles. The van der Waals surface area contributed by atoms with Gasteiger partial charge in [-0.05, 0) is 30.5 Å². The van der Waals surface area contributed by atoms with Crippen LogP contribution in [0.3, 0.4) is 0 Å². The van der Waals surface area contributed by atoms with Crippen LogP contribution in [0.25, 0.3) is 0 Å². The maximum Gasteiger partial charge on any atom is 0.416 e. The Kier molecular flexibility index (Phi) is 4.00. The highest BCUT2D eigenvalue weighted by atomic mass is 19.4. The van der Waals surface area contributed by atoms with E-state index in [-0.39, 0.29) is 5.57 Å². The first kappa shape index (κ1) is 16.1. The van der Waals surface area contributed by atoms with Gasteiger partial charge in [0, 0.05) is 5.57 Å². The molecular weight excluding hydrogens is 301 g/mol. The molecule has 118 valence electrons. The number of benzene rings is 1. The minimum atomic E-state index is -4.43. The van der Waals surface area contributed by atoms with Gasteiger partial charge in [-0.1, -0.05) is 18.7 Å². The standard InChI is InChI=1S/C15H13F3O4/c1-9(13(20)21)8-12(19)22-14(6-7-14)10-2-4-11(5-3-10)15(16,17)18/h2-5H,1,6-8H2,(H,20,21). The third-order valence-electron chi connectivity index (χ3n) is 3.41. The molecule has 0 amide bonds. The fourth-order valence-electron chi connectivity index (χ4n) is 2.03. The van der Waals surface area contributed by atoms with Crippen LogP contribution in [-0.4, -0.2) is 17.0 Å². The van der Waals surface area contributed by atoms with E-state index in [9.17, 15) is 22.8 Å². The van der Waals surface area contributed by atoms with Crippen molar-refractivity contribution in [2.24, 2.45) is 0 Å². The van der Waals surface area contributed by atoms with Crippen LogP contribution in [0.5, 0.6) is 0 Å². The van der Waals surface area contributed by atoms with Gasteiger partial charge in [0.05, 0.1) is 12.0 Å². The lowest BCUT2D eigenvalue weighted by molar-refractivity contribution is -0.152. The van der Waals surface area contributed by atoms with E-state index in [0.717, 1.165) is 12.1 Å². The van der Waals surface area contributed by atoms with E-state index in [0.29, 0.717) is 18.4 Å². The molecule has 1 aliphatic rings. The number of carbonyl (C=O) groups is 2. The predicted octanol–water partition coefficient (Wildman–Crippen LogP) is 3.27. The van der Waals surface area contributed by atoms with E-state index in [4.69, 9.17) is 9.84 Å². The number of halogens is 3. The Balaban J connectivity index is 2.07. The second-order valence-corrected chi connectivity index (χ2v) is 5.13. The highest BCUT2D eigenvalue weighted by Gasteiger charge is 2.48. The Bertz CT molecular complexity index is 613. The lowest BCUT2D eigenvalue weighted by atomic mass is 10.0. The minimum Gasteiger partial charge on any atom is -0.478 e. The molecule has 1 aromatic rings. The van der Waals surface area contributed by atoms with Crippen LogP contribution in [0.1, 0.15) is 30.4 Å². The lowest BCUT2D eigenvalue weighted by Crippen LogP contribution is -2.19. The van der Waals surface area contributed by atoms with E-state index in [1.54, 1.807) is 0 Å². The molecule has 0 unspecified atom stereocenters. The van der Waals surface area contributed by atoms with Gasteiger partial charge in [0.1, 0.15) is 5.60 Å². The van der Waals surface area contributed by atoms with Crippen LogP contribution < -0.4 is 0 Å². The number of alkyl halides is 3. The van der Waals surface area contributed by atoms with Gasteiger partial charge < -0.3 is 9.84 Å². The van der Waals surface area contributed by atoms with Gasteiger partial charge >= 0.3 is 18.1 Å². The molecule has 1 aliphatic carbocycles. The number of carboxylic acids is 1. The molecule has 0 spiro atoms. The SMILES string of the molecule is C=C(CC(=O)OC1(c2ccc(C(F)(F)F)cc2)CC1)C(=O)O. The second-order valence-electron chi connectivity index (χ2n) is 5.13. The third-order valence-corrected chi connectivity index (χ3v) is 3.41. The molecule has 0 bridgehead atoms. The average molecular weight is 314 g/mol. The van der Waals surface area contributed by atoms with E-state index in [2.05, 4.69) is 6.58 Å². The largest absolute Gasteiger partial charge is 0.478 e. The molecule has 1 N–H and O–H groups in total. The van der Waals surface area contributed by atoms with Gasteiger partial charge in [0.25, 0.3) is 0 Å². The summed E-state index contributed by atoms with van der Waals surface area (Å²) in [6.45, 7) is 3.23. The first-order chi connectivity index (χ1) is 10.1. The Morgan fingerprint density at radius 3 is 2.18 bits per heavy atom. The molecule has 1 aromatic carbocycles. The minimum absolute atomic E-state index is 0.298. The fraction of sp³-hybridized carbons (Fsp3) is 0.333. The predicted molar refractivity (Wildman–Crippen MR) is 69.8 cm³/mol. The highest BCUT2D eigenvalue weighted by Crippen LogP contribution is 2.50. The monoisotopic (exact) mass is 314 g/mol. The van der Waals surface area contributed by atoms with E-state index >= 15 is 0 Å². The van der Waals surface area contributed by atoms with Crippen LogP contribution in [-0.2, 0) is 26.1 Å².